The van der Waals surface area contributed by atoms with Gasteiger partial charge in [0.2, 0.25) is 11.8 Å². The highest BCUT2D eigenvalue weighted by atomic mass is 19.4. The van der Waals surface area contributed by atoms with Gasteiger partial charge < -0.3 is 20.6 Å². The van der Waals surface area contributed by atoms with E-state index in [4.69, 9.17) is 0 Å². The number of hydrogen-bond donors (Lipinski definition) is 4. The Kier molecular flexibility index (Phi) is 13.7. The van der Waals surface area contributed by atoms with Crippen molar-refractivity contribution in [3.05, 3.63) is 72.6 Å². The molecule has 2 aromatic heterocycles. The fourth-order valence-electron chi connectivity index (χ4n) is 5.64. The lowest BCUT2D eigenvalue weighted by Gasteiger charge is -2.16. The Morgan fingerprint density at radius 3 is 1.23 bits per heavy atom. The standard InChI is InChI=1S/C38H46F6N6O2/c1-23(2)19-45-33(51)17-29(13-15-37(39,40)41)35-47-21-31(49-35)27-9-5-25(6-10-27)26-7-11-28(12-8-26)32-22-48-36(50-32)30(14-16-38(42,43)44)18-34(52)46-20-24(3)4/h5-12,21-24,29-30H,13-20H2,1-4H3,(H,45,51)(H,46,52)(H,47,49)(H,48,50)/t29-,30-/m1/s1. The lowest BCUT2D eigenvalue weighted by molar-refractivity contribution is -0.138. The van der Waals surface area contributed by atoms with Gasteiger partial charge in [0, 0.05) is 50.6 Å². The van der Waals surface area contributed by atoms with E-state index in [-0.39, 0.29) is 49.3 Å². The van der Waals surface area contributed by atoms with Crippen LogP contribution in [0.2, 0.25) is 0 Å². The van der Waals surface area contributed by atoms with E-state index in [1.165, 1.54) is 0 Å². The number of nitrogens with zero attached hydrogens (tertiary/aromatic N) is 2. The molecule has 2 aromatic carbocycles. The Morgan fingerprint density at radius 2 is 0.923 bits per heavy atom. The minimum atomic E-state index is -4.35. The van der Waals surface area contributed by atoms with E-state index in [1.54, 1.807) is 12.4 Å². The van der Waals surface area contributed by atoms with Gasteiger partial charge in [-0.3, -0.25) is 9.59 Å². The summed E-state index contributed by atoms with van der Waals surface area (Å²) in [4.78, 5) is 39.9. The maximum Gasteiger partial charge on any atom is 0.389 e. The number of H-pyrrole nitrogens is 2. The molecule has 4 aromatic rings. The number of nitrogens with one attached hydrogen (secondary N) is 4. The van der Waals surface area contributed by atoms with Crippen LogP contribution in [-0.4, -0.2) is 57.2 Å². The van der Waals surface area contributed by atoms with E-state index in [1.807, 2.05) is 76.2 Å². The van der Waals surface area contributed by atoms with Crippen molar-refractivity contribution in [2.75, 3.05) is 13.1 Å². The van der Waals surface area contributed by atoms with Crippen molar-refractivity contribution in [3.8, 4) is 33.6 Å². The fourth-order valence-corrected chi connectivity index (χ4v) is 5.64. The monoisotopic (exact) mass is 732 g/mol. The van der Waals surface area contributed by atoms with Gasteiger partial charge in [-0.15, -0.1) is 0 Å². The molecule has 2 heterocycles. The molecule has 0 spiro atoms. The number of aromatic nitrogens is 4. The number of amides is 2. The maximum absolute atomic E-state index is 13.1. The molecular weight excluding hydrogens is 686 g/mol. The Bertz CT molecular complexity index is 1600. The second-order valence-electron chi connectivity index (χ2n) is 14.0. The Hall–Kier alpha value is -4.62. The highest BCUT2D eigenvalue weighted by Crippen LogP contribution is 2.34. The smallest absolute Gasteiger partial charge is 0.356 e. The molecule has 0 aliphatic carbocycles. The first kappa shape index (κ1) is 40.2. The molecule has 0 bridgehead atoms. The van der Waals surface area contributed by atoms with Crippen molar-refractivity contribution in [1.82, 2.24) is 30.6 Å². The van der Waals surface area contributed by atoms with Crippen LogP contribution in [0.5, 0.6) is 0 Å². The summed E-state index contributed by atoms with van der Waals surface area (Å²) in [5.41, 5.74) is 4.53. The Balaban J connectivity index is 1.44. The number of aromatic amines is 2. The first-order chi connectivity index (χ1) is 24.5. The average Bonchev–Trinajstić information content (AvgIpc) is 3.77. The van der Waals surface area contributed by atoms with Crippen LogP contribution in [0.1, 0.15) is 89.7 Å². The molecule has 4 N–H and O–H groups in total. The molecule has 0 saturated carbocycles. The van der Waals surface area contributed by atoms with Crippen LogP contribution in [0.25, 0.3) is 33.6 Å². The zero-order valence-corrected chi connectivity index (χ0v) is 29.7. The molecule has 0 aliphatic heterocycles. The molecule has 14 heteroatoms. The van der Waals surface area contributed by atoms with Crippen LogP contribution >= 0.6 is 0 Å². The van der Waals surface area contributed by atoms with Crippen LogP contribution in [0, 0.1) is 11.8 Å². The minimum Gasteiger partial charge on any atom is -0.356 e. The first-order valence-corrected chi connectivity index (χ1v) is 17.4. The lowest BCUT2D eigenvalue weighted by atomic mass is 9.97. The number of hydrogen-bond acceptors (Lipinski definition) is 4. The predicted octanol–water partition coefficient (Wildman–Crippen LogP) is 9.31. The average molecular weight is 733 g/mol. The van der Waals surface area contributed by atoms with Crippen molar-refractivity contribution in [2.45, 2.75) is 90.4 Å². The predicted molar refractivity (Wildman–Crippen MR) is 188 cm³/mol. The van der Waals surface area contributed by atoms with Gasteiger partial charge in [0.1, 0.15) is 11.6 Å². The molecule has 0 fully saturated rings. The van der Waals surface area contributed by atoms with Crippen LogP contribution in [0.4, 0.5) is 26.3 Å². The van der Waals surface area contributed by atoms with Gasteiger partial charge in [-0.1, -0.05) is 76.2 Å². The number of alkyl halides is 6. The summed E-state index contributed by atoms with van der Waals surface area (Å²) in [6, 6.07) is 15.0. The van der Waals surface area contributed by atoms with Crippen molar-refractivity contribution >= 4 is 11.8 Å². The van der Waals surface area contributed by atoms with Gasteiger partial charge in [-0.25, -0.2) is 9.97 Å². The van der Waals surface area contributed by atoms with Crippen molar-refractivity contribution in [3.63, 3.8) is 0 Å². The van der Waals surface area contributed by atoms with Gasteiger partial charge in [0.25, 0.3) is 0 Å². The van der Waals surface area contributed by atoms with Gasteiger partial charge in [-0.05, 0) is 46.9 Å². The van der Waals surface area contributed by atoms with Gasteiger partial charge in [0.05, 0.1) is 23.8 Å². The molecule has 0 radical (unpaired) electrons. The Morgan fingerprint density at radius 1 is 0.596 bits per heavy atom. The molecule has 2 atom stereocenters. The summed E-state index contributed by atoms with van der Waals surface area (Å²) in [6.07, 6.45) is -8.43. The van der Waals surface area contributed by atoms with Gasteiger partial charge >= 0.3 is 12.4 Å². The third-order valence-electron chi connectivity index (χ3n) is 8.52. The summed E-state index contributed by atoms with van der Waals surface area (Å²) in [5.74, 6) is -1.05. The largest absolute Gasteiger partial charge is 0.389 e. The summed E-state index contributed by atoms with van der Waals surface area (Å²) in [7, 11) is 0. The normalized spacial score (nSPS) is 13.4. The second kappa shape index (κ2) is 17.7. The molecule has 0 saturated heterocycles. The van der Waals surface area contributed by atoms with Crippen LogP contribution in [0.3, 0.4) is 0 Å². The van der Waals surface area contributed by atoms with Crippen LogP contribution in [-0.2, 0) is 9.59 Å². The zero-order valence-electron chi connectivity index (χ0n) is 29.7. The van der Waals surface area contributed by atoms with E-state index in [0.29, 0.717) is 36.1 Å². The highest BCUT2D eigenvalue weighted by molar-refractivity contribution is 5.77. The van der Waals surface area contributed by atoms with E-state index in [0.717, 1.165) is 22.3 Å². The third-order valence-corrected chi connectivity index (χ3v) is 8.52. The molecule has 4 rings (SSSR count). The van der Waals surface area contributed by atoms with Crippen LogP contribution in [0.15, 0.2) is 60.9 Å². The molecule has 0 unspecified atom stereocenters. The molecular formula is C38H46F6N6O2. The second-order valence-corrected chi connectivity index (χ2v) is 14.0. The minimum absolute atomic E-state index is 0.112. The summed E-state index contributed by atoms with van der Waals surface area (Å²) >= 11 is 0. The molecule has 2 amide bonds. The topological polar surface area (TPSA) is 116 Å². The summed E-state index contributed by atoms with van der Waals surface area (Å²) in [5, 5.41) is 5.53. The number of halogens is 6. The van der Waals surface area contributed by atoms with E-state index in [9.17, 15) is 35.9 Å². The highest BCUT2D eigenvalue weighted by Gasteiger charge is 2.32. The molecule has 8 nitrogen and oxygen atoms in total. The van der Waals surface area contributed by atoms with Crippen LogP contribution < -0.4 is 10.6 Å². The first-order valence-electron chi connectivity index (χ1n) is 17.4. The lowest BCUT2D eigenvalue weighted by Crippen LogP contribution is -2.29. The molecule has 0 aliphatic rings. The fraction of sp³-hybridized carbons (Fsp3) is 0.474. The zero-order chi connectivity index (χ0) is 38.1. The third kappa shape index (κ3) is 12.9. The van der Waals surface area contributed by atoms with Crippen molar-refractivity contribution < 1.29 is 35.9 Å². The number of carbonyl (C=O) groups is 2. The van der Waals surface area contributed by atoms with E-state index < -0.39 is 37.0 Å². The number of rotatable bonds is 17. The SMILES string of the molecule is CC(C)CNC(=O)C[C@@H](CCC(F)(F)F)c1ncc(-c2ccc(-c3ccc(-c4cnc([C@H](CCC(F)(F)F)CC(=O)NCC(C)C)[nH]4)cc3)cc2)[nH]1. The van der Waals surface area contributed by atoms with E-state index >= 15 is 0 Å². The molecule has 282 valence electrons. The quantitative estimate of drug-likeness (QED) is 0.0810. The summed E-state index contributed by atoms with van der Waals surface area (Å²) < 4.78 is 78.4. The maximum atomic E-state index is 13.1. The van der Waals surface area contributed by atoms with Gasteiger partial charge in [0.15, 0.2) is 0 Å². The van der Waals surface area contributed by atoms with Crippen molar-refractivity contribution in [1.29, 1.82) is 0 Å². The van der Waals surface area contributed by atoms with Gasteiger partial charge in [-0.2, -0.15) is 26.3 Å². The van der Waals surface area contributed by atoms with Crippen molar-refractivity contribution in [2.24, 2.45) is 11.8 Å². The number of imidazole rings is 2. The number of carbonyl (C=O) groups excluding carboxylic acids is 2. The number of benzene rings is 2. The molecule has 52 heavy (non-hydrogen) atoms. The van der Waals surface area contributed by atoms with E-state index in [2.05, 4.69) is 30.6 Å². The Labute approximate surface area is 299 Å². The summed E-state index contributed by atoms with van der Waals surface area (Å²) in [6.45, 7) is 8.60.